The van der Waals surface area contributed by atoms with Crippen molar-refractivity contribution in [3.63, 3.8) is 0 Å². The monoisotopic (exact) mass is 233 g/mol. The fraction of sp³-hybridized carbons (Fsp3) is 0.600. The van der Waals surface area contributed by atoms with Gasteiger partial charge in [0.2, 0.25) is 0 Å². The number of aryl methyl sites for hydroxylation is 1. The lowest BCUT2D eigenvalue weighted by atomic mass is 9.95. The highest BCUT2D eigenvalue weighted by atomic mass is 16.1. The maximum atomic E-state index is 11.0. The zero-order valence-electron chi connectivity index (χ0n) is 10.8. The van der Waals surface area contributed by atoms with Crippen LogP contribution in [0.4, 0.5) is 0 Å². The third-order valence-corrected chi connectivity index (χ3v) is 3.15. The van der Waals surface area contributed by atoms with Crippen LogP contribution < -0.4 is 0 Å². The molecule has 0 radical (unpaired) electrons. The van der Waals surface area contributed by atoms with E-state index in [-0.39, 0.29) is 5.92 Å². The number of aromatic nitrogens is 1. The Morgan fingerprint density at radius 3 is 2.82 bits per heavy atom. The maximum absolute atomic E-state index is 11.0. The van der Waals surface area contributed by atoms with Crippen molar-refractivity contribution in [2.75, 3.05) is 0 Å². The van der Waals surface area contributed by atoms with Crippen LogP contribution in [0.1, 0.15) is 51.0 Å². The van der Waals surface area contributed by atoms with Crippen molar-refractivity contribution in [2.45, 2.75) is 51.9 Å². The zero-order chi connectivity index (χ0) is 12.3. The molecular weight excluding hydrogens is 210 g/mol. The zero-order valence-corrected chi connectivity index (χ0v) is 10.8. The van der Waals surface area contributed by atoms with Crippen LogP contribution in [0.25, 0.3) is 0 Å². The average molecular weight is 233 g/mol. The summed E-state index contributed by atoms with van der Waals surface area (Å²) in [5.74, 6) is 0.229. The summed E-state index contributed by atoms with van der Waals surface area (Å²) in [6.07, 6.45) is 12.7. The van der Waals surface area contributed by atoms with Crippen LogP contribution in [-0.4, -0.2) is 11.3 Å². The minimum absolute atomic E-state index is 0.229. The van der Waals surface area contributed by atoms with E-state index >= 15 is 0 Å². The summed E-state index contributed by atoms with van der Waals surface area (Å²) in [5, 5.41) is 0. The number of hydrogen-bond acceptors (Lipinski definition) is 2. The molecule has 1 atom stereocenters. The molecule has 0 aliphatic heterocycles. The van der Waals surface area contributed by atoms with E-state index in [4.69, 9.17) is 0 Å². The fourth-order valence-corrected chi connectivity index (χ4v) is 2.01. The molecule has 2 nitrogen and oxygen atoms in total. The summed E-state index contributed by atoms with van der Waals surface area (Å²) in [7, 11) is 0. The molecule has 0 unspecified atom stereocenters. The van der Waals surface area contributed by atoms with Gasteiger partial charge in [0.25, 0.3) is 0 Å². The second kappa shape index (κ2) is 8.91. The van der Waals surface area contributed by atoms with Gasteiger partial charge in [0.1, 0.15) is 6.29 Å². The second-order valence-electron chi connectivity index (χ2n) is 4.65. The molecule has 94 valence electrons. The summed E-state index contributed by atoms with van der Waals surface area (Å²) in [5.41, 5.74) is 1.23. The van der Waals surface area contributed by atoms with Gasteiger partial charge >= 0.3 is 0 Å². The van der Waals surface area contributed by atoms with Crippen molar-refractivity contribution < 1.29 is 4.79 Å². The Morgan fingerprint density at radius 2 is 2.18 bits per heavy atom. The maximum Gasteiger partial charge on any atom is 0.123 e. The third-order valence-electron chi connectivity index (χ3n) is 3.15. The van der Waals surface area contributed by atoms with E-state index in [9.17, 15) is 4.79 Å². The first-order valence-electron chi connectivity index (χ1n) is 6.71. The SMILES string of the molecule is CCCCCC[C@@H](C=O)CCc1cccnc1. The Balaban J connectivity index is 2.20. The van der Waals surface area contributed by atoms with Crippen molar-refractivity contribution in [3.05, 3.63) is 30.1 Å². The molecule has 1 rings (SSSR count). The number of aldehydes is 1. The largest absolute Gasteiger partial charge is 0.303 e. The van der Waals surface area contributed by atoms with Gasteiger partial charge in [-0.1, -0.05) is 38.7 Å². The Kier molecular flexibility index (Phi) is 7.28. The normalized spacial score (nSPS) is 12.3. The van der Waals surface area contributed by atoms with Crippen molar-refractivity contribution in [1.29, 1.82) is 0 Å². The van der Waals surface area contributed by atoms with E-state index in [2.05, 4.69) is 18.0 Å². The minimum Gasteiger partial charge on any atom is -0.303 e. The topological polar surface area (TPSA) is 30.0 Å². The summed E-state index contributed by atoms with van der Waals surface area (Å²) in [6, 6.07) is 4.03. The lowest BCUT2D eigenvalue weighted by Crippen LogP contribution is -2.04. The standard InChI is InChI=1S/C15H23NO/c1-2-3-4-5-7-15(13-17)10-9-14-8-6-11-16-12-14/h6,8,11-13,15H,2-5,7,9-10H2,1H3/t15-/m1/s1. The van der Waals surface area contributed by atoms with Gasteiger partial charge in [-0.05, 0) is 30.9 Å². The minimum atomic E-state index is 0.229. The Morgan fingerprint density at radius 1 is 1.29 bits per heavy atom. The van der Waals surface area contributed by atoms with Crippen molar-refractivity contribution in [2.24, 2.45) is 5.92 Å². The van der Waals surface area contributed by atoms with E-state index in [1.807, 2.05) is 12.3 Å². The molecule has 0 saturated carbocycles. The number of rotatable bonds is 9. The van der Waals surface area contributed by atoms with E-state index in [0.717, 1.165) is 25.5 Å². The van der Waals surface area contributed by atoms with Crippen LogP contribution in [0.2, 0.25) is 0 Å². The van der Waals surface area contributed by atoms with Gasteiger partial charge in [-0.25, -0.2) is 0 Å². The molecule has 0 bridgehead atoms. The number of hydrogen-bond donors (Lipinski definition) is 0. The highest BCUT2D eigenvalue weighted by molar-refractivity contribution is 5.53. The molecular formula is C15H23NO. The molecule has 0 amide bonds. The lowest BCUT2D eigenvalue weighted by Gasteiger charge is -2.09. The lowest BCUT2D eigenvalue weighted by molar-refractivity contribution is -0.111. The molecule has 0 saturated heterocycles. The predicted octanol–water partition coefficient (Wildman–Crippen LogP) is 3.80. The number of unbranched alkanes of at least 4 members (excludes halogenated alkanes) is 3. The van der Waals surface area contributed by atoms with E-state index in [0.29, 0.717) is 0 Å². The molecule has 0 spiro atoms. The summed E-state index contributed by atoms with van der Waals surface area (Å²) >= 11 is 0. The van der Waals surface area contributed by atoms with Crippen LogP contribution in [-0.2, 0) is 11.2 Å². The van der Waals surface area contributed by atoms with Crippen molar-refractivity contribution in [1.82, 2.24) is 4.98 Å². The van der Waals surface area contributed by atoms with Crippen molar-refractivity contribution >= 4 is 6.29 Å². The molecule has 0 aromatic carbocycles. The third kappa shape index (κ3) is 6.20. The van der Waals surface area contributed by atoms with Gasteiger partial charge in [0.05, 0.1) is 0 Å². The Labute approximate surface area is 104 Å². The van der Waals surface area contributed by atoms with Gasteiger partial charge in [0, 0.05) is 18.3 Å². The van der Waals surface area contributed by atoms with Gasteiger partial charge in [-0.3, -0.25) is 4.98 Å². The number of pyridine rings is 1. The molecule has 0 fully saturated rings. The highest BCUT2D eigenvalue weighted by Crippen LogP contribution is 2.15. The van der Waals surface area contributed by atoms with E-state index < -0.39 is 0 Å². The second-order valence-corrected chi connectivity index (χ2v) is 4.65. The first-order chi connectivity index (χ1) is 8.36. The average Bonchev–Trinajstić information content (AvgIpc) is 2.39. The molecule has 1 aromatic rings. The van der Waals surface area contributed by atoms with Crippen LogP contribution >= 0.6 is 0 Å². The Hall–Kier alpha value is -1.18. The van der Waals surface area contributed by atoms with Crippen LogP contribution in [0.3, 0.4) is 0 Å². The quantitative estimate of drug-likeness (QED) is 0.479. The smallest absolute Gasteiger partial charge is 0.123 e. The molecule has 1 heterocycles. The first-order valence-corrected chi connectivity index (χ1v) is 6.71. The number of nitrogens with zero attached hydrogens (tertiary/aromatic N) is 1. The molecule has 0 aliphatic rings. The van der Waals surface area contributed by atoms with Gasteiger partial charge in [-0.2, -0.15) is 0 Å². The van der Waals surface area contributed by atoms with Gasteiger partial charge < -0.3 is 4.79 Å². The van der Waals surface area contributed by atoms with Crippen LogP contribution in [0.5, 0.6) is 0 Å². The molecule has 1 aromatic heterocycles. The molecule has 0 N–H and O–H groups in total. The summed E-state index contributed by atoms with van der Waals surface area (Å²) in [4.78, 5) is 15.1. The fourth-order valence-electron chi connectivity index (χ4n) is 2.01. The summed E-state index contributed by atoms with van der Waals surface area (Å²) in [6.45, 7) is 2.21. The van der Waals surface area contributed by atoms with E-state index in [1.54, 1.807) is 6.20 Å². The molecule has 17 heavy (non-hydrogen) atoms. The van der Waals surface area contributed by atoms with E-state index in [1.165, 1.54) is 31.2 Å². The van der Waals surface area contributed by atoms with Crippen LogP contribution in [0.15, 0.2) is 24.5 Å². The van der Waals surface area contributed by atoms with Gasteiger partial charge in [-0.15, -0.1) is 0 Å². The number of carbonyl (C=O) groups is 1. The highest BCUT2D eigenvalue weighted by Gasteiger charge is 2.07. The first kappa shape index (κ1) is 13.9. The van der Waals surface area contributed by atoms with Gasteiger partial charge in [0.15, 0.2) is 0 Å². The van der Waals surface area contributed by atoms with Crippen LogP contribution in [0, 0.1) is 5.92 Å². The number of carbonyl (C=O) groups excluding carboxylic acids is 1. The predicted molar refractivity (Wildman–Crippen MR) is 70.9 cm³/mol. The van der Waals surface area contributed by atoms with Crippen molar-refractivity contribution in [3.8, 4) is 0 Å². The summed E-state index contributed by atoms with van der Waals surface area (Å²) < 4.78 is 0. The Bertz CT molecular complexity index is 297. The molecule has 2 heteroatoms. The molecule has 0 aliphatic carbocycles.